The van der Waals surface area contributed by atoms with Crippen molar-refractivity contribution >= 4 is 21.8 Å². The lowest BCUT2D eigenvalue weighted by atomic mass is 10.1. The number of amides is 1. The van der Waals surface area contributed by atoms with Crippen LogP contribution in [0.2, 0.25) is 0 Å². The molecule has 2 rings (SSSR count). The van der Waals surface area contributed by atoms with Crippen LogP contribution in [0.1, 0.15) is 28.8 Å². The van der Waals surface area contributed by atoms with Gasteiger partial charge in [0.25, 0.3) is 5.91 Å². The van der Waals surface area contributed by atoms with Crippen LogP contribution >= 0.6 is 15.9 Å². The zero-order valence-electron chi connectivity index (χ0n) is 10.5. The first-order chi connectivity index (χ1) is 9.34. The van der Waals surface area contributed by atoms with Crippen molar-refractivity contribution < 1.29 is 23.1 Å². The summed E-state index contributed by atoms with van der Waals surface area (Å²) < 4.78 is 38.4. The van der Waals surface area contributed by atoms with Crippen LogP contribution in [0.5, 0.6) is 0 Å². The highest BCUT2D eigenvalue weighted by Crippen LogP contribution is 2.33. The van der Waals surface area contributed by atoms with Gasteiger partial charge < -0.3 is 10.0 Å². The molecule has 1 heterocycles. The molecule has 20 heavy (non-hydrogen) atoms. The summed E-state index contributed by atoms with van der Waals surface area (Å²) in [5, 5.41) is 9.20. The number of hydrogen-bond acceptors (Lipinski definition) is 2. The number of carbonyl (C=O) groups excluding carboxylic acids is 1. The molecule has 1 aromatic carbocycles. The van der Waals surface area contributed by atoms with Gasteiger partial charge in [-0.2, -0.15) is 13.2 Å². The Morgan fingerprint density at radius 1 is 1.45 bits per heavy atom. The monoisotopic (exact) mass is 351 g/mol. The molecule has 0 bridgehead atoms. The number of aliphatic hydroxyl groups is 1. The smallest absolute Gasteiger partial charge is 0.394 e. The number of likely N-dealkylation sites (tertiary alicyclic amines) is 1. The van der Waals surface area contributed by atoms with E-state index in [1.54, 1.807) is 0 Å². The second-order valence-electron chi connectivity index (χ2n) is 4.67. The maximum atomic E-state index is 12.7. The Morgan fingerprint density at radius 2 is 2.15 bits per heavy atom. The van der Waals surface area contributed by atoms with Gasteiger partial charge in [-0.1, -0.05) is 0 Å². The molecule has 110 valence electrons. The first-order valence-corrected chi connectivity index (χ1v) is 6.92. The highest BCUT2D eigenvalue weighted by Gasteiger charge is 2.34. The maximum Gasteiger partial charge on any atom is 0.416 e. The summed E-state index contributed by atoms with van der Waals surface area (Å²) in [5.41, 5.74) is -0.885. The van der Waals surface area contributed by atoms with Crippen LogP contribution in [0.25, 0.3) is 0 Å². The third kappa shape index (κ3) is 2.98. The summed E-state index contributed by atoms with van der Waals surface area (Å²) in [6.07, 6.45) is -3.08. The van der Waals surface area contributed by atoms with Crippen LogP contribution in [-0.4, -0.2) is 35.1 Å². The van der Waals surface area contributed by atoms with Crippen LogP contribution in [0.4, 0.5) is 13.2 Å². The van der Waals surface area contributed by atoms with Crippen molar-refractivity contribution in [2.45, 2.75) is 25.1 Å². The summed E-state index contributed by atoms with van der Waals surface area (Å²) in [6.45, 7) is 0.273. The Hall–Kier alpha value is -1.08. The fourth-order valence-corrected chi connectivity index (χ4v) is 2.73. The van der Waals surface area contributed by atoms with E-state index in [2.05, 4.69) is 15.9 Å². The second kappa shape index (κ2) is 5.73. The third-order valence-electron chi connectivity index (χ3n) is 3.37. The quantitative estimate of drug-likeness (QED) is 0.889. The van der Waals surface area contributed by atoms with Crippen molar-refractivity contribution in [1.82, 2.24) is 4.90 Å². The predicted octanol–water partition coefficient (Wildman–Crippen LogP) is 3.06. The number of nitrogens with zero attached hydrogens (tertiary/aromatic N) is 1. The minimum Gasteiger partial charge on any atom is -0.394 e. The fraction of sp³-hybridized carbons (Fsp3) is 0.462. The van der Waals surface area contributed by atoms with Gasteiger partial charge in [0, 0.05) is 11.0 Å². The van der Waals surface area contributed by atoms with E-state index in [0.717, 1.165) is 18.6 Å². The molecule has 1 saturated heterocycles. The second-order valence-corrected chi connectivity index (χ2v) is 5.52. The van der Waals surface area contributed by atoms with Crippen molar-refractivity contribution in [3.8, 4) is 0 Å². The molecule has 1 fully saturated rings. The average molecular weight is 352 g/mol. The normalized spacial score (nSPS) is 19.4. The van der Waals surface area contributed by atoms with Gasteiger partial charge in [0.05, 0.1) is 23.8 Å². The van der Waals surface area contributed by atoms with Crippen LogP contribution < -0.4 is 0 Å². The minimum atomic E-state index is -4.49. The Bertz CT molecular complexity index is 519. The SMILES string of the molecule is O=C(c1cc(C(F)(F)F)ccc1Br)N1CCC[C@@H]1CO. The molecule has 0 radical (unpaired) electrons. The van der Waals surface area contributed by atoms with E-state index >= 15 is 0 Å². The van der Waals surface area contributed by atoms with Crippen molar-refractivity contribution in [3.05, 3.63) is 33.8 Å². The zero-order chi connectivity index (χ0) is 14.9. The van der Waals surface area contributed by atoms with Crippen molar-refractivity contribution in [3.63, 3.8) is 0 Å². The largest absolute Gasteiger partial charge is 0.416 e. The van der Waals surface area contributed by atoms with Crippen molar-refractivity contribution in [2.24, 2.45) is 0 Å². The van der Waals surface area contributed by atoms with Gasteiger partial charge >= 0.3 is 6.18 Å². The van der Waals surface area contributed by atoms with Gasteiger partial charge in [-0.25, -0.2) is 0 Å². The van der Waals surface area contributed by atoms with E-state index in [4.69, 9.17) is 0 Å². The standard InChI is InChI=1S/C13H13BrF3NO2/c14-11-4-3-8(13(15,16)17)6-10(11)12(20)18-5-1-2-9(18)7-19/h3-4,6,9,19H,1-2,5,7H2/t9-/m1/s1. The van der Waals surface area contributed by atoms with Crippen LogP contribution in [0.3, 0.4) is 0 Å². The Labute approximate surface area is 122 Å². The highest BCUT2D eigenvalue weighted by atomic mass is 79.9. The molecule has 1 amide bonds. The zero-order valence-corrected chi connectivity index (χ0v) is 12.0. The fourth-order valence-electron chi connectivity index (χ4n) is 2.31. The minimum absolute atomic E-state index is 0.0276. The molecule has 1 aliphatic heterocycles. The summed E-state index contributed by atoms with van der Waals surface area (Å²) in [6, 6.07) is 2.68. The van der Waals surface area contributed by atoms with Gasteiger partial charge in [0.2, 0.25) is 0 Å². The first-order valence-electron chi connectivity index (χ1n) is 6.13. The number of benzene rings is 1. The number of carbonyl (C=O) groups is 1. The molecule has 0 aliphatic carbocycles. The Balaban J connectivity index is 2.34. The summed E-state index contributed by atoms with van der Waals surface area (Å²) in [4.78, 5) is 13.8. The van der Waals surface area contributed by atoms with Crippen LogP contribution in [-0.2, 0) is 6.18 Å². The van der Waals surface area contributed by atoms with E-state index in [9.17, 15) is 23.1 Å². The van der Waals surface area contributed by atoms with E-state index in [1.807, 2.05) is 0 Å². The molecule has 1 atom stereocenters. The molecule has 0 saturated carbocycles. The summed E-state index contributed by atoms with van der Waals surface area (Å²) in [5.74, 6) is -0.487. The lowest BCUT2D eigenvalue weighted by Crippen LogP contribution is -2.37. The number of hydrogen-bond donors (Lipinski definition) is 1. The lowest BCUT2D eigenvalue weighted by Gasteiger charge is -2.24. The van der Waals surface area contributed by atoms with E-state index < -0.39 is 17.6 Å². The number of aliphatic hydroxyl groups excluding tert-OH is 1. The van der Waals surface area contributed by atoms with Crippen LogP contribution in [0, 0.1) is 0 Å². The van der Waals surface area contributed by atoms with Crippen molar-refractivity contribution in [2.75, 3.05) is 13.2 Å². The van der Waals surface area contributed by atoms with Gasteiger partial charge in [-0.3, -0.25) is 4.79 Å². The number of halogens is 4. The Kier molecular flexibility index (Phi) is 4.39. The van der Waals surface area contributed by atoms with E-state index in [0.29, 0.717) is 17.4 Å². The molecule has 1 aromatic rings. The van der Waals surface area contributed by atoms with Gasteiger partial charge in [-0.05, 0) is 47.0 Å². The third-order valence-corrected chi connectivity index (χ3v) is 4.06. The molecule has 0 unspecified atom stereocenters. The van der Waals surface area contributed by atoms with E-state index in [1.165, 1.54) is 11.0 Å². The molecule has 0 aromatic heterocycles. The number of alkyl halides is 3. The summed E-state index contributed by atoms with van der Waals surface area (Å²) in [7, 11) is 0. The Morgan fingerprint density at radius 3 is 2.75 bits per heavy atom. The molecule has 0 spiro atoms. The van der Waals surface area contributed by atoms with Gasteiger partial charge in [-0.15, -0.1) is 0 Å². The maximum absolute atomic E-state index is 12.7. The molecule has 1 aliphatic rings. The highest BCUT2D eigenvalue weighted by molar-refractivity contribution is 9.10. The lowest BCUT2D eigenvalue weighted by molar-refractivity contribution is -0.137. The summed E-state index contributed by atoms with van der Waals surface area (Å²) >= 11 is 3.11. The molecule has 1 N–H and O–H groups in total. The predicted molar refractivity (Wildman–Crippen MR) is 70.3 cm³/mol. The topological polar surface area (TPSA) is 40.5 Å². The number of rotatable bonds is 2. The average Bonchev–Trinajstić information content (AvgIpc) is 2.85. The first kappa shape index (κ1) is 15.3. The molecular formula is C13H13BrF3NO2. The van der Waals surface area contributed by atoms with Gasteiger partial charge in [0.1, 0.15) is 0 Å². The van der Waals surface area contributed by atoms with Crippen molar-refractivity contribution in [1.29, 1.82) is 0 Å². The van der Waals surface area contributed by atoms with Crippen LogP contribution in [0.15, 0.2) is 22.7 Å². The van der Waals surface area contributed by atoms with E-state index in [-0.39, 0.29) is 18.2 Å². The molecule has 7 heteroatoms. The molecular weight excluding hydrogens is 339 g/mol. The van der Waals surface area contributed by atoms with Gasteiger partial charge in [0.15, 0.2) is 0 Å². The molecule has 3 nitrogen and oxygen atoms in total.